The Hall–Kier alpha value is -2.67. The van der Waals surface area contributed by atoms with Gasteiger partial charge in [-0.05, 0) is 18.6 Å². The van der Waals surface area contributed by atoms with E-state index in [4.69, 9.17) is 16.3 Å². The first-order valence-corrected chi connectivity index (χ1v) is 8.01. The van der Waals surface area contributed by atoms with E-state index >= 15 is 0 Å². The standard InChI is InChI=1S/C17H16ClN3O4/c1-10-11-5-3-4-6-12(11)19-13(16(10)18)9-25-15(23)8-21-14(22)7-20(2)17(21)24/h3-6H,7-9H2,1-2H3. The second kappa shape index (κ2) is 6.68. The number of benzene rings is 1. The topological polar surface area (TPSA) is 79.8 Å². The monoisotopic (exact) mass is 361 g/mol. The SMILES string of the molecule is Cc1c(Cl)c(COC(=O)CN2C(=O)CN(C)C2=O)nc2ccccc12. The molecule has 1 aromatic carbocycles. The Morgan fingerprint density at radius 3 is 2.72 bits per heavy atom. The van der Waals surface area contributed by atoms with Gasteiger partial charge < -0.3 is 9.64 Å². The number of hydrogen-bond acceptors (Lipinski definition) is 5. The van der Waals surface area contributed by atoms with Gasteiger partial charge in [-0.15, -0.1) is 0 Å². The third-order valence-electron chi connectivity index (χ3n) is 4.03. The highest BCUT2D eigenvalue weighted by Gasteiger charge is 2.35. The Labute approximate surface area is 149 Å². The third-order valence-corrected chi connectivity index (χ3v) is 4.54. The molecule has 1 aromatic heterocycles. The second-order valence-electron chi connectivity index (χ2n) is 5.79. The van der Waals surface area contributed by atoms with Crippen molar-refractivity contribution in [3.63, 3.8) is 0 Å². The number of carbonyl (C=O) groups is 3. The first kappa shape index (κ1) is 17.2. The molecular formula is C17H16ClN3O4. The number of amides is 3. The summed E-state index contributed by atoms with van der Waals surface area (Å²) in [4.78, 5) is 41.9. The molecule has 0 N–H and O–H groups in total. The van der Waals surface area contributed by atoms with Crippen molar-refractivity contribution in [3.05, 3.63) is 40.5 Å². The number of likely N-dealkylation sites (N-methyl/N-ethyl adjacent to an activating group) is 1. The first-order chi connectivity index (χ1) is 11.9. The van der Waals surface area contributed by atoms with E-state index in [2.05, 4.69) is 4.98 Å². The minimum Gasteiger partial charge on any atom is -0.458 e. The first-order valence-electron chi connectivity index (χ1n) is 7.63. The summed E-state index contributed by atoms with van der Waals surface area (Å²) in [5.74, 6) is -1.12. The Balaban J connectivity index is 1.70. The highest BCUT2D eigenvalue weighted by atomic mass is 35.5. The van der Waals surface area contributed by atoms with Crippen LogP contribution in [0.25, 0.3) is 10.9 Å². The zero-order valence-corrected chi connectivity index (χ0v) is 14.5. The molecular weight excluding hydrogens is 346 g/mol. The fraction of sp³-hybridized carbons (Fsp3) is 0.294. The van der Waals surface area contributed by atoms with Gasteiger partial charge >= 0.3 is 12.0 Å². The lowest BCUT2D eigenvalue weighted by atomic mass is 10.1. The molecule has 2 heterocycles. The van der Waals surface area contributed by atoms with Crippen molar-refractivity contribution in [1.29, 1.82) is 0 Å². The zero-order chi connectivity index (χ0) is 18.1. The molecule has 25 heavy (non-hydrogen) atoms. The number of urea groups is 1. The summed E-state index contributed by atoms with van der Waals surface area (Å²) in [6.07, 6.45) is 0. The summed E-state index contributed by atoms with van der Waals surface area (Å²) in [5.41, 5.74) is 2.04. The molecule has 0 radical (unpaired) electrons. The van der Waals surface area contributed by atoms with Crippen molar-refractivity contribution in [3.8, 4) is 0 Å². The molecule has 0 aliphatic carbocycles. The second-order valence-corrected chi connectivity index (χ2v) is 6.17. The molecule has 130 valence electrons. The molecule has 1 aliphatic heterocycles. The van der Waals surface area contributed by atoms with E-state index in [1.165, 1.54) is 11.9 Å². The van der Waals surface area contributed by atoms with E-state index < -0.39 is 24.5 Å². The lowest BCUT2D eigenvalue weighted by molar-refractivity contribution is -0.148. The fourth-order valence-electron chi connectivity index (χ4n) is 2.66. The van der Waals surface area contributed by atoms with Gasteiger partial charge in [-0.1, -0.05) is 29.8 Å². The molecule has 2 aromatic rings. The summed E-state index contributed by atoms with van der Waals surface area (Å²) >= 11 is 6.31. The summed E-state index contributed by atoms with van der Waals surface area (Å²) in [6.45, 7) is 1.28. The lowest BCUT2D eigenvalue weighted by Crippen LogP contribution is -2.36. The van der Waals surface area contributed by atoms with Gasteiger partial charge in [-0.2, -0.15) is 0 Å². The molecule has 1 fully saturated rings. The molecule has 0 bridgehead atoms. The quantitative estimate of drug-likeness (QED) is 0.615. The number of aryl methyl sites for hydroxylation is 1. The normalized spacial score (nSPS) is 14.5. The minimum absolute atomic E-state index is 0.0383. The van der Waals surface area contributed by atoms with Crippen LogP contribution in [0.1, 0.15) is 11.3 Å². The number of rotatable bonds is 4. The van der Waals surface area contributed by atoms with Gasteiger partial charge in [-0.25, -0.2) is 9.78 Å². The minimum atomic E-state index is -0.694. The Bertz CT molecular complexity index is 884. The van der Waals surface area contributed by atoms with Gasteiger partial charge in [0, 0.05) is 12.4 Å². The van der Waals surface area contributed by atoms with Crippen LogP contribution in [0.4, 0.5) is 4.79 Å². The number of hydrogen-bond donors (Lipinski definition) is 0. The predicted octanol–water partition coefficient (Wildman–Crippen LogP) is 2.13. The average Bonchev–Trinajstić information content (AvgIpc) is 2.83. The van der Waals surface area contributed by atoms with Gasteiger partial charge in [0.25, 0.3) is 5.91 Å². The Morgan fingerprint density at radius 1 is 1.32 bits per heavy atom. The number of halogens is 1. The summed E-state index contributed by atoms with van der Waals surface area (Å²) in [6, 6.07) is 7.01. The summed E-state index contributed by atoms with van der Waals surface area (Å²) < 4.78 is 5.16. The van der Waals surface area contributed by atoms with Gasteiger partial charge in [0.1, 0.15) is 19.7 Å². The number of aromatic nitrogens is 1. The Kier molecular flexibility index (Phi) is 4.59. The molecule has 0 saturated carbocycles. The number of pyridine rings is 1. The van der Waals surface area contributed by atoms with Crippen molar-refractivity contribution in [2.24, 2.45) is 0 Å². The van der Waals surface area contributed by atoms with Gasteiger partial charge in [0.05, 0.1) is 16.2 Å². The van der Waals surface area contributed by atoms with E-state index in [0.29, 0.717) is 10.7 Å². The van der Waals surface area contributed by atoms with Crippen LogP contribution in [0.2, 0.25) is 5.02 Å². The van der Waals surface area contributed by atoms with Crippen LogP contribution < -0.4 is 0 Å². The number of fused-ring (bicyclic) bond motifs is 1. The zero-order valence-electron chi connectivity index (χ0n) is 13.8. The molecule has 1 aliphatic rings. The van der Waals surface area contributed by atoms with Gasteiger partial charge in [0.15, 0.2) is 0 Å². The maximum Gasteiger partial charge on any atom is 0.327 e. The van der Waals surface area contributed by atoms with Gasteiger partial charge in [0.2, 0.25) is 0 Å². The summed E-state index contributed by atoms with van der Waals surface area (Å²) in [7, 11) is 1.49. The van der Waals surface area contributed by atoms with Crippen molar-refractivity contribution in [2.45, 2.75) is 13.5 Å². The van der Waals surface area contributed by atoms with Crippen LogP contribution in [-0.4, -0.2) is 52.8 Å². The van der Waals surface area contributed by atoms with E-state index in [9.17, 15) is 14.4 Å². The maximum atomic E-state index is 12.0. The largest absolute Gasteiger partial charge is 0.458 e. The molecule has 1 saturated heterocycles. The highest BCUT2D eigenvalue weighted by Crippen LogP contribution is 2.27. The molecule has 3 amide bonds. The predicted molar refractivity (Wildman–Crippen MR) is 91.0 cm³/mol. The van der Waals surface area contributed by atoms with Crippen molar-refractivity contribution < 1.29 is 19.1 Å². The third kappa shape index (κ3) is 3.28. The molecule has 3 rings (SSSR count). The fourth-order valence-corrected chi connectivity index (χ4v) is 2.86. The van der Waals surface area contributed by atoms with Crippen molar-refractivity contribution in [1.82, 2.24) is 14.8 Å². The number of imide groups is 1. The Morgan fingerprint density at radius 2 is 2.04 bits per heavy atom. The van der Waals surface area contributed by atoms with Gasteiger partial charge in [-0.3, -0.25) is 14.5 Å². The van der Waals surface area contributed by atoms with Crippen LogP contribution in [0.3, 0.4) is 0 Å². The number of carbonyl (C=O) groups excluding carboxylic acids is 3. The van der Waals surface area contributed by atoms with E-state index in [1.54, 1.807) is 0 Å². The molecule has 8 heteroatoms. The van der Waals surface area contributed by atoms with E-state index in [0.717, 1.165) is 21.4 Å². The number of ether oxygens (including phenoxy) is 1. The lowest BCUT2D eigenvalue weighted by Gasteiger charge is -2.14. The smallest absolute Gasteiger partial charge is 0.327 e. The molecule has 7 nitrogen and oxygen atoms in total. The highest BCUT2D eigenvalue weighted by molar-refractivity contribution is 6.32. The number of nitrogens with zero attached hydrogens (tertiary/aromatic N) is 3. The number of para-hydroxylation sites is 1. The molecule has 0 atom stereocenters. The maximum absolute atomic E-state index is 12.0. The number of esters is 1. The van der Waals surface area contributed by atoms with Crippen LogP contribution in [0.5, 0.6) is 0 Å². The van der Waals surface area contributed by atoms with Crippen LogP contribution in [0.15, 0.2) is 24.3 Å². The molecule has 0 spiro atoms. The van der Waals surface area contributed by atoms with Crippen molar-refractivity contribution in [2.75, 3.05) is 20.1 Å². The van der Waals surface area contributed by atoms with Crippen LogP contribution >= 0.6 is 11.6 Å². The van der Waals surface area contributed by atoms with Crippen LogP contribution in [0, 0.1) is 6.92 Å². The van der Waals surface area contributed by atoms with Crippen LogP contribution in [-0.2, 0) is 20.9 Å². The average molecular weight is 362 g/mol. The van der Waals surface area contributed by atoms with E-state index in [1.807, 2.05) is 31.2 Å². The van der Waals surface area contributed by atoms with E-state index in [-0.39, 0.29) is 13.2 Å². The summed E-state index contributed by atoms with van der Waals surface area (Å²) in [5, 5.41) is 1.36. The molecule has 0 unspecified atom stereocenters. The van der Waals surface area contributed by atoms with Crippen molar-refractivity contribution >= 4 is 40.4 Å².